The maximum Gasteiger partial charge on any atom is 0.336 e. The standard InChI is InChI=1S/C20H24N2O4S2/c1-6-25-19(24)16-12(2)22-18(28-11-15(23)26-20(3,4)5)13(10-21)17(16)14-8-7-9-27-14/h7-9,17,22H,6,11H2,1-5H3. The van der Waals surface area contributed by atoms with Crippen molar-refractivity contribution < 1.29 is 19.1 Å². The number of nitrogens with zero attached hydrogens (tertiary/aromatic N) is 1. The molecule has 6 nitrogen and oxygen atoms in total. The number of thioether (sulfide) groups is 1. The zero-order valence-corrected chi connectivity index (χ0v) is 18.3. The largest absolute Gasteiger partial charge is 0.463 e. The van der Waals surface area contributed by atoms with Gasteiger partial charge in [0.2, 0.25) is 0 Å². The summed E-state index contributed by atoms with van der Waals surface area (Å²) < 4.78 is 10.6. The van der Waals surface area contributed by atoms with E-state index >= 15 is 0 Å². The summed E-state index contributed by atoms with van der Waals surface area (Å²) >= 11 is 2.67. The smallest absolute Gasteiger partial charge is 0.336 e. The van der Waals surface area contributed by atoms with Crippen LogP contribution in [0.1, 0.15) is 45.4 Å². The molecular weight excluding hydrogens is 396 g/mol. The molecular formula is C20H24N2O4S2. The van der Waals surface area contributed by atoms with Gasteiger partial charge in [0.05, 0.1) is 40.5 Å². The fourth-order valence-electron chi connectivity index (χ4n) is 2.75. The van der Waals surface area contributed by atoms with Gasteiger partial charge in [0.25, 0.3) is 0 Å². The van der Waals surface area contributed by atoms with Gasteiger partial charge < -0.3 is 14.8 Å². The average molecular weight is 421 g/mol. The third kappa shape index (κ3) is 5.40. The van der Waals surface area contributed by atoms with Crippen LogP contribution in [0.5, 0.6) is 0 Å². The van der Waals surface area contributed by atoms with Crippen molar-refractivity contribution in [3.05, 3.63) is 44.3 Å². The molecule has 28 heavy (non-hydrogen) atoms. The minimum atomic E-state index is -0.573. The van der Waals surface area contributed by atoms with Crippen LogP contribution >= 0.6 is 23.1 Å². The van der Waals surface area contributed by atoms with E-state index in [9.17, 15) is 14.9 Å². The summed E-state index contributed by atoms with van der Waals surface area (Å²) in [6, 6.07) is 5.99. The first-order chi connectivity index (χ1) is 13.2. The summed E-state index contributed by atoms with van der Waals surface area (Å²) in [5.41, 5.74) is 0.853. The molecule has 0 radical (unpaired) electrons. The maximum absolute atomic E-state index is 12.6. The van der Waals surface area contributed by atoms with Crippen molar-refractivity contribution in [1.29, 1.82) is 5.26 Å². The second-order valence-corrected chi connectivity index (χ2v) is 9.03. The summed E-state index contributed by atoms with van der Waals surface area (Å²) in [6.07, 6.45) is 0. The maximum atomic E-state index is 12.6. The van der Waals surface area contributed by atoms with Crippen LogP contribution in [0.4, 0.5) is 0 Å². The number of carbonyl (C=O) groups excluding carboxylic acids is 2. The third-order valence-corrected chi connectivity index (χ3v) is 5.65. The van der Waals surface area contributed by atoms with Crippen molar-refractivity contribution >= 4 is 35.0 Å². The van der Waals surface area contributed by atoms with Gasteiger partial charge in [-0.2, -0.15) is 5.26 Å². The molecule has 1 N–H and O–H groups in total. The number of thiophene rings is 1. The van der Waals surface area contributed by atoms with E-state index in [1.807, 2.05) is 17.5 Å². The molecule has 0 saturated carbocycles. The number of nitrogens with one attached hydrogen (secondary N) is 1. The van der Waals surface area contributed by atoms with Crippen molar-refractivity contribution in [1.82, 2.24) is 5.32 Å². The molecule has 0 aromatic carbocycles. The van der Waals surface area contributed by atoms with Gasteiger partial charge in [0, 0.05) is 10.6 Å². The zero-order valence-electron chi connectivity index (χ0n) is 16.6. The highest BCUT2D eigenvalue weighted by Crippen LogP contribution is 2.42. The van der Waals surface area contributed by atoms with Gasteiger partial charge in [-0.25, -0.2) is 4.79 Å². The molecule has 0 saturated heterocycles. The third-order valence-electron chi connectivity index (χ3n) is 3.72. The quantitative estimate of drug-likeness (QED) is 0.694. The van der Waals surface area contributed by atoms with Crippen LogP contribution in [-0.2, 0) is 19.1 Å². The fourth-order valence-corrected chi connectivity index (χ4v) is 4.46. The Morgan fingerprint density at radius 1 is 1.39 bits per heavy atom. The van der Waals surface area contributed by atoms with Crippen molar-refractivity contribution in [2.75, 3.05) is 12.4 Å². The van der Waals surface area contributed by atoms with E-state index in [2.05, 4.69) is 11.4 Å². The van der Waals surface area contributed by atoms with E-state index < -0.39 is 17.5 Å². The number of hydrogen-bond acceptors (Lipinski definition) is 8. The van der Waals surface area contributed by atoms with E-state index in [4.69, 9.17) is 9.47 Å². The Morgan fingerprint density at radius 3 is 2.64 bits per heavy atom. The molecule has 0 amide bonds. The highest BCUT2D eigenvalue weighted by molar-refractivity contribution is 8.03. The number of ether oxygens (including phenoxy) is 2. The monoisotopic (exact) mass is 420 g/mol. The Hall–Kier alpha value is -2.24. The van der Waals surface area contributed by atoms with Gasteiger partial charge in [-0.3, -0.25) is 4.79 Å². The molecule has 0 bridgehead atoms. The van der Waals surface area contributed by atoms with Crippen LogP contribution in [0.2, 0.25) is 0 Å². The number of dihydropyridines is 1. The summed E-state index contributed by atoms with van der Waals surface area (Å²) in [7, 11) is 0. The number of rotatable bonds is 6. The first-order valence-corrected chi connectivity index (χ1v) is 10.7. The molecule has 2 rings (SSSR count). The lowest BCUT2D eigenvalue weighted by Crippen LogP contribution is -2.29. The molecule has 1 atom stereocenters. The minimum absolute atomic E-state index is 0.0595. The number of esters is 2. The van der Waals surface area contributed by atoms with Gasteiger partial charge in [-0.05, 0) is 46.1 Å². The molecule has 0 fully saturated rings. The normalized spacial score (nSPS) is 17.1. The van der Waals surface area contributed by atoms with Crippen molar-refractivity contribution in [3.63, 3.8) is 0 Å². The van der Waals surface area contributed by atoms with E-state index in [-0.39, 0.29) is 18.3 Å². The Labute approximate surface area is 173 Å². The van der Waals surface area contributed by atoms with E-state index in [1.165, 1.54) is 23.1 Å². The predicted octanol–water partition coefficient (Wildman–Crippen LogP) is 4.08. The van der Waals surface area contributed by atoms with Crippen LogP contribution in [-0.4, -0.2) is 29.9 Å². The van der Waals surface area contributed by atoms with E-state index in [0.29, 0.717) is 21.9 Å². The van der Waals surface area contributed by atoms with Gasteiger partial charge in [0.15, 0.2) is 0 Å². The number of allylic oxidation sites excluding steroid dienone is 2. The molecule has 1 aromatic heterocycles. The topological polar surface area (TPSA) is 88.4 Å². The van der Waals surface area contributed by atoms with Crippen LogP contribution in [0.25, 0.3) is 0 Å². The van der Waals surface area contributed by atoms with Gasteiger partial charge in [-0.15, -0.1) is 11.3 Å². The number of carbonyl (C=O) groups is 2. The summed E-state index contributed by atoms with van der Waals surface area (Å²) in [4.78, 5) is 25.5. The molecule has 2 heterocycles. The first-order valence-electron chi connectivity index (χ1n) is 8.85. The molecule has 1 unspecified atom stereocenters. The van der Waals surface area contributed by atoms with Crippen LogP contribution in [0.15, 0.2) is 39.4 Å². The molecule has 1 aliphatic rings. The Morgan fingerprint density at radius 2 is 2.11 bits per heavy atom. The van der Waals surface area contributed by atoms with Crippen LogP contribution in [0, 0.1) is 11.3 Å². The molecule has 0 aliphatic carbocycles. The van der Waals surface area contributed by atoms with Crippen LogP contribution in [0.3, 0.4) is 0 Å². The predicted molar refractivity (Wildman–Crippen MR) is 110 cm³/mol. The second kappa shape index (κ2) is 9.30. The second-order valence-electron chi connectivity index (χ2n) is 7.06. The summed E-state index contributed by atoms with van der Waals surface area (Å²) in [5, 5.41) is 15.4. The molecule has 150 valence electrons. The van der Waals surface area contributed by atoms with Gasteiger partial charge in [0.1, 0.15) is 5.60 Å². The van der Waals surface area contributed by atoms with Gasteiger partial charge >= 0.3 is 11.9 Å². The molecule has 1 aromatic rings. The zero-order chi connectivity index (χ0) is 20.9. The van der Waals surface area contributed by atoms with Gasteiger partial charge in [-0.1, -0.05) is 17.8 Å². The van der Waals surface area contributed by atoms with Crippen LogP contribution < -0.4 is 5.32 Å². The molecule has 1 aliphatic heterocycles. The van der Waals surface area contributed by atoms with Crippen molar-refractivity contribution in [2.45, 2.75) is 46.1 Å². The Kier molecular flexibility index (Phi) is 7.33. The lowest BCUT2D eigenvalue weighted by atomic mass is 9.87. The SMILES string of the molecule is CCOC(=O)C1=C(C)NC(SCC(=O)OC(C)(C)C)=C(C#N)C1c1cccs1. The summed E-state index contributed by atoms with van der Waals surface area (Å²) in [5.74, 6) is -1.28. The van der Waals surface area contributed by atoms with E-state index in [0.717, 1.165) is 4.88 Å². The lowest BCUT2D eigenvalue weighted by molar-refractivity contribution is -0.151. The Bertz CT molecular complexity index is 843. The van der Waals surface area contributed by atoms with Crippen molar-refractivity contribution in [3.8, 4) is 6.07 Å². The number of nitriles is 1. The molecule has 0 spiro atoms. The highest BCUT2D eigenvalue weighted by Gasteiger charge is 2.36. The molecule has 8 heteroatoms. The lowest BCUT2D eigenvalue weighted by Gasteiger charge is -2.28. The summed E-state index contributed by atoms with van der Waals surface area (Å²) in [6.45, 7) is 9.18. The number of hydrogen-bond donors (Lipinski definition) is 1. The van der Waals surface area contributed by atoms with E-state index in [1.54, 1.807) is 34.6 Å². The fraction of sp³-hybridized carbons (Fsp3) is 0.450. The minimum Gasteiger partial charge on any atom is -0.463 e. The first kappa shape index (κ1) is 22.1. The Balaban J connectivity index is 2.36. The highest BCUT2D eigenvalue weighted by atomic mass is 32.2. The average Bonchev–Trinajstić information content (AvgIpc) is 3.12. The van der Waals surface area contributed by atoms with Crippen molar-refractivity contribution in [2.24, 2.45) is 0 Å².